The van der Waals surface area contributed by atoms with Crippen LogP contribution in [0.5, 0.6) is 0 Å². The van der Waals surface area contributed by atoms with Gasteiger partial charge in [0.2, 0.25) is 0 Å². The number of nitrogens with zero attached hydrogens (tertiary/aromatic N) is 3. The molecule has 1 aliphatic rings. The van der Waals surface area contributed by atoms with Gasteiger partial charge in [-0.05, 0) is 25.2 Å². The quantitative estimate of drug-likeness (QED) is 0.645. The van der Waals surface area contributed by atoms with E-state index in [2.05, 4.69) is 9.97 Å². The Morgan fingerprint density at radius 1 is 1.53 bits per heavy atom. The van der Waals surface area contributed by atoms with Gasteiger partial charge in [-0.1, -0.05) is 11.8 Å². The van der Waals surface area contributed by atoms with Crippen molar-refractivity contribution >= 4 is 17.9 Å². The molecule has 0 spiro atoms. The van der Waals surface area contributed by atoms with Gasteiger partial charge in [-0.3, -0.25) is 0 Å². The molecule has 5 nitrogen and oxygen atoms in total. The van der Waals surface area contributed by atoms with Crippen LogP contribution in [0.25, 0.3) is 0 Å². The largest absolute Gasteiger partial charge is 0.465 e. The fourth-order valence-electron chi connectivity index (χ4n) is 2.05. The third-order valence-electron chi connectivity index (χ3n) is 3.02. The first-order chi connectivity index (χ1) is 8.20. The zero-order valence-corrected chi connectivity index (χ0v) is 10.5. The number of carboxylic acid groups (broad SMARTS) is 1. The number of thioether (sulfide) groups is 1. The average Bonchev–Trinajstić information content (AvgIpc) is 2.39. The maximum Gasteiger partial charge on any atom is 0.407 e. The van der Waals surface area contributed by atoms with E-state index in [0.29, 0.717) is 19.0 Å². The molecule has 6 heteroatoms. The number of hydrogen-bond donors (Lipinski definition) is 1. The standard InChI is InChI=1S/C11H15N3O2S/c1-17-10-12-5-2-9(13-10)8-3-6-14(7-4-8)11(15)16/h2,5,8H,3-4,6-7H2,1H3,(H,15,16). The van der Waals surface area contributed by atoms with Crippen molar-refractivity contribution in [3.63, 3.8) is 0 Å². The van der Waals surface area contributed by atoms with Crippen LogP contribution >= 0.6 is 11.8 Å². The monoisotopic (exact) mass is 253 g/mol. The summed E-state index contributed by atoms with van der Waals surface area (Å²) in [6.45, 7) is 1.19. The third-order valence-corrected chi connectivity index (χ3v) is 3.58. The predicted octanol–water partition coefficient (Wildman–Crippen LogP) is 2.06. The van der Waals surface area contributed by atoms with Gasteiger partial charge in [0.05, 0.1) is 0 Å². The minimum absolute atomic E-state index is 0.361. The molecule has 0 aromatic carbocycles. The summed E-state index contributed by atoms with van der Waals surface area (Å²) < 4.78 is 0. The number of amides is 1. The SMILES string of the molecule is CSc1nccc(C2CCN(C(=O)O)CC2)n1. The number of carbonyl (C=O) groups is 1. The van der Waals surface area contributed by atoms with Crippen LogP contribution in [0.3, 0.4) is 0 Å². The smallest absolute Gasteiger partial charge is 0.407 e. The van der Waals surface area contributed by atoms with Crippen molar-refractivity contribution in [1.82, 2.24) is 14.9 Å². The van der Waals surface area contributed by atoms with E-state index in [9.17, 15) is 4.79 Å². The molecule has 92 valence electrons. The Labute approximate surface area is 104 Å². The summed E-state index contributed by atoms with van der Waals surface area (Å²) in [5, 5.41) is 9.65. The third kappa shape index (κ3) is 2.88. The average molecular weight is 253 g/mol. The van der Waals surface area contributed by atoms with Crippen LogP contribution in [0.1, 0.15) is 24.5 Å². The number of aromatic nitrogens is 2. The van der Waals surface area contributed by atoms with Gasteiger partial charge in [0.1, 0.15) is 0 Å². The minimum Gasteiger partial charge on any atom is -0.465 e. The molecule has 1 aliphatic heterocycles. The minimum atomic E-state index is -0.823. The van der Waals surface area contributed by atoms with Crippen LogP contribution in [-0.2, 0) is 0 Å². The van der Waals surface area contributed by atoms with Crippen molar-refractivity contribution in [2.75, 3.05) is 19.3 Å². The van der Waals surface area contributed by atoms with E-state index in [1.165, 1.54) is 16.7 Å². The highest BCUT2D eigenvalue weighted by Gasteiger charge is 2.24. The number of piperidine rings is 1. The van der Waals surface area contributed by atoms with E-state index in [0.717, 1.165) is 23.7 Å². The summed E-state index contributed by atoms with van der Waals surface area (Å²) >= 11 is 1.53. The van der Waals surface area contributed by atoms with E-state index >= 15 is 0 Å². The van der Waals surface area contributed by atoms with Crippen molar-refractivity contribution in [1.29, 1.82) is 0 Å². The second kappa shape index (κ2) is 5.35. The number of hydrogen-bond acceptors (Lipinski definition) is 4. The molecule has 0 aliphatic carbocycles. The van der Waals surface area contributed by atoms with Crippen molar-refractivity contribution in [2.24, 2.45) is 0 Å². The molecule has 1 amide bonds. The van der Waals surface area contributed by atoms with Gasteiger partial charge < -0.3 is 10.0 Å². The summed E-state index contributed by atoms with van der Waals surface area (Å²) in [7, 11) is 0. The molecule has 0 radical (unpaired) electrons. The van der Waals surface area contributed by atoms with E-state index in [1.807, 2.05) is 12.3 Å². The Balaban J connectivity index is 2.02. The zero-order valence-electron chi connectivity index (χ0n) is 9.67. The number of likely N-dealkylation sites (tertiary alicyclic amines) is 1. The molecule has 1 N–H and O–H groups in total. The Morgan fingerprint density at radius 3 is 2.82 bits per heavy atom. The van der Waals surface area contributed by atoms with Gasteiger partial charge in [-0.25, -0.2) is 14.8 Å². The molecule has 1 aromatic rings. The van der Waals surface area contributed by atoms with E-state index < -0.39 is 6.09 Å². The lowest BCUT2D eigenvalue weighted by atomic mass is 9.93. The van der Waals surface area contributed by atoms with E-state index in [1.54, 1.807) is 6.20 Å². The van der Waals surface area contributed by atoms with E-state index in [-0.39, 0.29) is 0 Å². The van der Waals surface area contributed by atoms with Gasteiger partial charge in [0.15, 0.2) is 5.16 Å². The normalized spacial score (nSPS) is 17.1. The molecule has 0 saturated carbocycles. The highest BCUT2D eigenvalue weighted by Crippen LogP contribution is 2.27. The van der Waals surface area contributed by atoms with Crippen molar-refractivity contribution < 1.29 is 9.90 Å². The van der Waals surface area contributed by atoms with Crippen LogP contribution in [-0.4, -0.2) is 45.4 Å². The summed E-state index contributed by atoms with van der Waals surface area (Å²) in [5.41, 5.74) is 1.04. The fraction of sp³-hybridized carbons (Fsp3) is 0.545. The zero-order chi connectivity index (χ0) is 12.3. The van der Waals surface area contributed by atoms with Gasteiger partial charge in [-0.2, -0.15) is 0 Å². The molecule has 2 rings (SSSR count). The van der Waals surface area contributed by atoms with E-state index in [4.69, 9.17) is 5.11 Å². The first kappa shape index (κ1) is 12.2. The van der Waals surface area contributed by atoms with Crippen LogP contribution in [0.2, 0.25) is 0 Å². The molecule has 0 bridgehead atoms. The lowest BCUT2D eigenvalue weighted by Crippen LogP contribution is -2.37. The topological polar surface area (TPSA) is 66.3 Å². The molecule has 0 atom stereocenters. The molecule has 1 fully saturated rings. The Morgan fingerprint density at radius 2 is 2.24 bits per heavy atom. The van der Waals surface area contributed by atoms with Crippen LogP contribution in [0, 0.1) is 0 Å². The maximum atomic E-state index is 10.8. The lowest BCUT2D eigenvalue weighted by Gasteiger charge is -2.29. The van der Waals surface area contributed by atoms with Crippen molar-refractivity contribution in [3.8, 4) is 0 Å². The highest BCUT2D eigenvalue weighted by molar-refractivity contribution is 7.98. The molecule has 17 heavy (non-hydrogen) atoms. The number of rotatable bonds is 2. The Kier molecular flexibility index (Phi) is 3.83. The van der Waals surface area contributed by atoms with Crippen molar-refractivity contribution in [3.05, 3.63) is 18.0 Å². The first-order valence-electron chi connectivity index (χ1n) is 5.55. The van der Waals surface area contributed by atoms with Gasteiger partial charge in [0.25, 0.3) is 0 Å². The van der Waals surface area contributed by atoms with Crippen LogP contribution in [0.15, 0.2) is 17.4 Å². The van der Waals surface area contributed by atoms with Crippen LogP contribution < -0.4 is 0 Å². The first-order valence-corrected chi connectivity index (χ1v) is 6.78. The second-order valence-electron chi connectivity index (χ2n) is 4.01. The molecule has 2 heterocycles. The summed E-state index contributed by atoms with van der Waals surface area (Å²) in [5.74, 6) is 0.361. The molecular formula is C11H15N3O2S. The highest BCUT2D eigenvalue weighted by atomic mass is 32.2. The Hall–Kier alpha value is -1.30. The predicted molar refractivity (Wildman–Crippen MR) is 65.4 cm³/mol. The Bertz CT molecular complexity index is 405. The summed E-state index contributed by atoms with van der Waals surface area (Å²) in [4.78, 5) is 20.9. The van der Waals surface area contributed by atoms with Gasteiger partial charge in [0, 0.05) is 30.9 Å². The molecule has 1 saturated heterocycles. The fourth-order valence-corrected chi connectivity index (χ4v) is 2.41. The molecular weight excluding hydrogens is 238 g/mol. The van der Waals surface area contributed by atoms with Gasteiger partial charge in [-0.15, -0.1) is 0 Å². The lowest BCUT2D eigenvalue weighted by molar-refractivity contribution is 0.131. The van der Waals surface area contributed by atoms with Crippen molar-refractivity contribution in [2.45, 2.75) is 23.9 Å². The maximum absolute atomic E-state index is 10.8. The summed E-state index contributed by atoms with van der Waals surface area (Å²) in [6, 6.07) is 1.93. The second-order valence-corrected chi connectivity index (χ2v) is 4.79. The van der Waals surface area contributed by atoms with Gasteiger partial charge >= 0.3 is 6.09 Å². The van der Waals surface area contributed by atoms with Crippen LogP contribution in [0.4, 0.5) is 4.79 Å². The summed E-state index contributed by atoms with van der Waals surface area (Å²) in [6.07, 6.45) is 4.59. The molecule has 0 unspecified atom stereocenters. The molecule has 1 aromatic heterocycles.